The summed E-state index contributed by atoms with van der Waals surface area (Å²) in [5.41, 5.74) is -2.29. The molecular weight excluding hydrogens is 526 g/mol. The van der Waals surface area contributed by atoms with Gasteiger partial charge in [0.25, 0.3) is 0 Å². The number of thioether (sulfide) groups is 2. The Labute approximate surface area is 233 Å². The predicted octanol–water partition coefficient (Wildman–Crippen LogP) is 9.06. The van der Waals surface area contributed by atoms with Crippen LogP contribution in [0.3, 0.4) is 0 Å². The number of rotatable bonds is 16. The summed E-state index contributed by atoms with van der Waals surface area (Å²) in [6, 6.07) is 2.13. The van der Waals surface area contributed by atoms with Crippen LogP contribution in [-0.4, -0.2) is 33.3 Å². The SMILES string of the molecule is CCCCCCCCSc1c(F)c2c(c(F)c1SCCCCCCCC)C(=O)c1c(O)ccc(O)c1C2=O. The Morgan fingerprint density at radius 3 is 1.29 bits per heavy atom. The lowest BCUT2D eigenvalue weighted by molar-refractivity contribution is 0.0965. The molecule has 0 unspecified atom stereocenters. The van der Waals surface area contributed by atoms with Crippen LogP contribution in [0.5, 0.6) is 11.5 Å². The molecule has 2 aromatic rings. The van der Waals surface area contributed by atoms with Crippen LogP contribution in [-0.2, 0) is 0 Å². The van der Waals surface area contributed by atoms with E-state index in [4.69, 9.17) is 0 Å². The van der Waals surface area contributed by atoms with Gasteiger partial charge in [0.1, 0.15) is 23.1 Å². The normalized spacial score (nSPS) is 12.6. The molecule has 0 amide bonds. The zero-order valence-corrected chi connectivity index (χ0v) is 24.0. The fourth-order valence-electron chi connectivity index (χ4n) is 4.73. The fraction of sp³-hybridized carbons (Fsp3) is 0.533. The molecule has 0 bridgehead atoms. The Morgan fingerprint density at radius 1 is 0.579 bits per heavy atom. The molecule has 0 fully saturated rings. The van der Waals surface area contributed by atoms with Crippen molar-refractivity contribution in [3.63, 3.8) is 0 Å². The number of phenolic OH excluding ortho intramolecular Hbond substituents is 2. The molecule has 3 rings (SSSR count). The zero-order chi connectivity index (χ0) is 27.7. The summed E-state index contributed by atoms with van der Waals surface area (Å²) in [7, 11) is 0. The number of phenols is 2. The second-order valence-corrected chi connectivity index (χ2v) is 12.0. The Kier molecular flexibility index (Phi) is 12.0. The molecule has 0 aliphatic heterocycles. The van der Waals surface area contributed by atoms with E-state index in [0.29, 0.717) is 11.5 Å². The van der Waals surface area contributed by atoms with Crippen molar-refractivity contribution in [3.05, 3.63) is 46.0 Å². The minimum atomic E-state index is -0.992. The number of carbonyl (C=O) groups excluding carboxylic acids is 2. The van der Waals surface area contributed by atoms with Gasteiger partial charge in [0.15, 0.2) is 0 Å². The Morgan fingerprint density at radius 2 is 0.921 bits per heavy atom. The van der Waals surface area contributed by atoms with Crippen LogP contribution >= 0.6 is 23.5 Å². The highest BCUT2D eigenvalue weighted by Gasteiger charge is 2.41. The molecule has 2 aromatic carbocycles. The number of ketones is 2. The predicted molar refractivity (Wildman–Crippen MR) is 151 cm³/mol. The van der Waals surface area contributed by atoms with E-state index in [1.807, 2.05) is 0 Å². The molecule has 1 aliphatic rings. The summed E-state index contributed by atoms with van der Waals surface area (Å²) in [5.74, 6) is -3.80. The summed E-state index contributed by atoms with van der Waals surface area (Å²) in [4.78, 5) is 26.7. The molecule has 38 heavy (non-hydrogen) atoms. The first-order valence-corrected chi connectivity index (χ1v) is 15.8. The van der Waals surface area contributed by atoms with Gasteiger partial charge in [-0.2, -0.15) is 0 Å². The number of benzene rings is 2. The molecule has 0 saturated carbocycles. The highest BCUT2D eigenvalue weighted by molar-refractivity contribution is 8.02. The third-order valence-electron chi connectivity index (χ3n) is 6.85. The van der Waals surface area contributed by atoms with Crippen molar-refractivity contribution < 1.29 is 28.6 Å². The Hall–Kier alpha value is -2.06. The van der Waals surface area contributed by atoms with Gasteiger partial charge in [0.05, 0.1) is 32.0 Å². The first-order valence-electron chi connectivity index (χ1n) is 13.8. The number of unbranched alkanes of at least 4 members (excludes halogenated alkanes) is 10. The van der Waals surface area contributed by atoms with E-state index in [-0.39, 0.29) is 9.79 Å². The van der Waals surface area contributed by atoms with Crippen LogP contribution in [0.15, 0.2) is 21.9 Å². The van der Waals surface area contributed by atoms with Crippen molar-refractivity contribution in [2.24, 2.45) is 0 Å². The lowest BCUT2D eigenvalue weighted by Gasteiger charge is -2.23. The average Bonchev–Trinajstić information content (AvgIpc) is 2.90. The minimum absolute atomic E-state index is 0.0510. The monoisotopic (exact) mass is 564 g/mol. The highest BCUT2D eigenvalue weighted by Crippen LogP contribution is 2.45. The smallest absolute Gasteiger partial charge is 0.201 e. The van der Waals surface area contributed by atoms with Gasteiger partial charge in [0.2, 0.25) is 11.6 Å². The summed E-state index contributed by atoms with van der Waals surface area (Å²) < 4.78 is 32.0. The van der Waals surface area contributed by atoms with E-state index in [9.17, 15) is 19.8 Å². The van der Waals surface area contributed by atoms with Crippen LogP contribution in [0.4, 0.5) is 8.78 Å². The number of aromatic hydroxyl groups is 2. The first kappa shape index (κ1) is 30.5. The lowest BCUT2D eigenvalue weighted by Crippen LogP contribution is -2.25. The molecule has 8 heteroatoms. The summed E-state index contributed by atoms with van der Waals surface area (Å²) in [6.45, 7) is 4.30. The number of halogens is 2. The molecular formula is C30H38F2O4S2. The third kappa shape index (κ3) is 6.92. The van der Waals surface area contributed by atoms with Gasteiger partial charge < -0.3 is 10.2 Å². The number of hydrogen-bond acceptors (Lipinski definition) is 6. The molecule has 4 nitrogen and oxygen atoms in total. The van der Waals surface area contributed by atoms with Crippen LogP contribution < -0.4 is 0 Å². The Balaban J connectivity index is 1.91. The summed E-state index contributed by atoms with van der Waals surface area (Å²) >= 11 is 2.36. The Bertz CT molecular complexity index is 1060. The van der Waals surface area contributed by atoms with Crippen LogP contribution in [0.1, 0.15) is 123 Å². The van der Waals surface area contributed by atoms with Gasteiger partial charge in [-0.25, -0.2) is 8.78 Å². The van der Waals surface area contributed by atoms with Crippen LogP contribution in [0.25, 0.3) is 0 Å². The van der Waals surface area contributed by atoms with Crippen LogP contribution in [0, 0.1) is 11.6 Å². The van der Waals surface area contributed by atoms with E-state index in [1.54, 1.807) is 0 Å². The second kappa shape index (κ2) is 14.9. The van der Waals surface area contributed by atoms with Crippen molar-refractivity contribution in [3.8, 4) is 11.5 Å². The third-order valence-corrected chi connectivity index (χ3v) is 9.31. The summed E-state index contributed by atoms with van der Waals surface area (Å²) in [5, 5.41) is 20.5. The van der Waals surface area contributed by atoms with Crippen molar-refractivity contribution in [2.45, 2.75) is 101 Å². The van der Waals surface area contributed by atoms with Crippen molar-refractivity contribution >= 4 is 35.1 Å². The fourth-order valence-corrected chi connectivity index (χ4v) is 7.09. The largest absolute Gasteiger partial charge is 0.507 e. The molecule has 2 N–H and O–H groups in total. The first-order chi connectivity index (χ1) is 18.3. The van der Waals surface area contributed by atoms with Gasteiger partial charge in [0, 0.05) is 0 Å². The molecule has 0 heterocycles. The second-order valence-electron chi connectivity index (χ2n) is 9.78. The maximum Gasteiger partial charge on any atom is 0.201 e. The summed E-state index contributed by atoms with van der Waals surface area (Å²) in [6.07, 6.45) is 12.8. The highest BCUT2D eigenvalue weighted by atomic mass is 32.2. The maximum atomic E-state index is 16.0. The van der Waals surface area contributed by atoms with E-state index in [1.165, 1.54) is 36.4 Å². The lowest BCUT2D eigenvalue weighted by atomic mass is 9.82. The minimum Gasteiger partial charge on any atom is -0.507 e. The standard InChI is InChI=1S/C30H38F2O4S2/c1-3-5-7-9-11-13-17-37-29-25(31)23-24(26(32)30(29)38-18-14-12-10-8-6-4-2)28(36)22-20(34)16-15-19(33)21(22)27(23)35/h15-16,33-34H,3-14,17-18H2,1-2H3. The van der Waals surface area contributed by atoms with Gasteiger partial charge in [-0.1, -0.05) is 78.1 Å². The molecule has 0 saturated heterocycles. The molecule has 1 aliphatic carbocycles. The molecule has 208 valence electrons. The molecule has 0 radical (unpaired) electrons. The van der Waals surface area contributed by atoms with E-state index < -0.39 is 57.0 Å². The molecule has 0 aromatic heterocycles. The average molecular weight is 565 g/mol. The topological polar surface area (TPSA) is 74.6 Å². The van der Waals surface area contributed by atoms with Gasteiger partial charge in [-0.3, -0.25) is 9.59 Å². The number of fused-ring (bicyclic) bond motifs is 2. The van der Waals surface area contributed by atoms with Gasteiger partial charge in [-0.15, -0.1) is 23.5 Å². The van der Waals surface area contributed by atoms with E-state index >= 15 is 8.78 Å². The molecule has 0 spiro atoms. The van der Waals surface area contributed by atoms with Crippen molar-refractivity contribution in [2.75, 3.05) is 11.5 Å². The molecule has 0 atom stereocenters. The zero-order valence-electron chi connectivity index (χ0n) is 22.3. The van der Waals surface area contributed by atoms with Gasteiger partial charge in [-0.05, 0) is 36.5 Å². The van der Waals surface area contributed by atoms with Crippen molar-refractivity contribution in [1.29, 1.82) is 0 Å². The van der Waals surface area contributed by atoms with Crippen LogP contribution in [0.2, 0.25) is 0 Å². The maximum absolute atomic E-state index is 16.0. The van der Waals surface area contributed by atoms with Gasteiger partial charge >= 0.3 is 0 Å². The van der Waals surface area contributed by atoms with E-state index in [2.05, 4.69) is 13.8 Å². The van der Waals surface area contributed by atoms with Crippen molar-refractivity contribution in [1.82, 2.24) is 0 Å². The number of carbonyl (C=O) groups is 2. The van der Waals surface area contributed by atoms with E-state index in [0.717, 1.165) is 76.3 Å². The number of hydrogen-bond donors (Lipinski definition) is 2. The quantitative estimate of drug-likeness (QED) is 0.103.